The minimum atomic E-state index is -3.56. The topological polar surface area (TPSA) is 92.5 Å². The van der Waals surface area contributed by atoms with Gasteiger partial charge in [0.05, 0.1) is 4.90 Å². The van der Waals surface area contributed by atoms with Crippen molar-refractivity contribution in [3.8, 4) is 0 Å². The number of rotatable bonds is 8. The molecule has 1 aromatic rings. The van der Waals surface area contributed by atoms with Crippen LogP contribution in [0.1, 0.15) is 44.5 Å². The van der Waals surface area contributed by atoms with E-state index in [0.717, 1.165) is 0 Å². The van der Waals surface area contributed by atoms with Crippen molar-refractivity contribution in [2.24, 2.45) is 11.1 Å². The largest absolute Gasteiger partial charge is 0.341 e. The average Bonchev–Trinajstić information content (AvgIpc) is 2.53. The first-order valence-corrected chi connectivity index (χ1v) is 9.58. The number of benzene rings is 1. The Kier molecular flexibility index (Phi) is 9.08. The number of sulfonamides is 1. The molecule has 1 amide bonds. The molecule has 8 heteroatoms. The van der Waals surface area contributed by atoms with Gasteiger partial charge in [0.25, 0.3) is 5.91 Å². The lowest BCUT2D eigenvalue weighted by atomic mass is 9.93. The standard InChI is InChI=1S/C17H29N3O3S.ClH/c1-6-13(2)19-24(22,23)15-9-7-14(8-10-15)16(21)20(5)12-17(3,4)11-18;/h7-10,13,19H,6,11-12,18H2,1-5H3;1H. The number of nitrogens with one attached hydrogen (secondary N) is 1. The van der Waals surface area contributed by atoms with Gasteiger partial charge in [-0.3, -0.25) is 4.79 Å². The van der Waals surface area contributed by atoms with Crippen molar-refractivity contribution >= 4 is 28.3 Å². The Labute approximate surface area is 157 Å². The monoisotopic (exact) mass is 391 g/mol. The van der Waals surface area contributed by atoms with Crippen LogP contribution in [0.15, 0.2) is 29.2 Å². The highest BCUT2D eigenvalue weighted by Crippen LogP contribution is 2.17. The normalized spacial score (nSPS) is 13.0. The fourth-order valence-electron chi connectivity index (χ4n) is 2.19. The number of nitrogens with two attached hydrogens (primary N) is 1. The van der Waals surface area contributed by atoms with E-state index < -0.39 is 10.0 Å². The second-order valence-electron chi connectivity index (χ2n) is 6.98. The van der Waals surface area contributed by atoms with Crippen LogP contribution in [-0.4, -0.2) is 45.4 Å². The zero-order valence-corrected chi connectivity index (χ0v) is 17.2. The average molecular weight is 392 g/mol. The smallest absolute Gasteiger partial charge is 0.253 e. The van der Waals surface area contributed by atoms with Crippen LogP contribution in [0.4, 0.5) is 0 Å². The molecule has 25 heavy (non-hydrogen) atoms. The van der Waals surface area contributed by atoms with Gasteiger partial charge in [0.2, 0.25) is 10.0 Å². The van der Waals surface area contributed by atoms with Gasteiger partial charge in [0.1, 0.15) is 0 Å². The third-order valence-electron chi connectivity index (χ3n) is 3.94. The molecule has 144 valence electrons. The SMILES string of the molecule is CCC(C)NS(=O)(=O)c1ccc(C(=O)N(C)CC(C)(C)CN)cc1.Cl. The van der Waals surface area contributed by atoms with E-state index in [1.807, 2.05) is 27.7 Å². The molecule has 0 saturated heterocycles. The highest BCUT2D eigenvalue weighted by atomic mass is 35.5. The Morgan fingerprint density at radius 2 is 1.80 bits per heavy atom. The molecule has 0 aliphatic carbocycles. The number of hydrogen-bond acceptors (Lipinski definition) is 4. The summed E-state index contributed by atoms with van der Waals surface area (Å²) < 4.78 is 27.0. The van der Waals surface area contributed by atoms with Crippen LogP contribution in [0, 0.1) is 5.41 Å². The molecule has 0 bridgehead atoms. The van der Waals surface area contributed by atoms with Crippen LogP contribution < -0.4 is 10.5 Å². The minimum absolute atomic E-state index is 0. The van der Waals surface area contributed by atoms with Gasteiger partial charge in [-0.15, -0.1) is 12.4 Å². The maximum absolute atomic E-state index is 12.4. The highest BCUT2D eigenvalue weighted by Gasteiger charge is 2.22. The summed E-state index contributed by atoms with van der Waals surface area (Å²) in [6, 6.07) is 5.86. The molecule has 0 fully saturated rings. The van der Waals surface area contributed by atoms with Crippen molar-refractivity contribution in [1.29, 1.82) is 0 Å². The summed E-state index contributed by atoms with van der Waals surface area (Å²) in [4.78, 5) is 14.2. The van der Waals surface area contributed by atoms with Crippen molar-refractivity contribution in [2.45, 2.75) is 45.1 Å². The van der Waals surface area contributed by atoms with E-state index in [-0.39, 0.29) is 34.7 Å². The Hall–Kier alpha value is -1.15. The summed E-state index contributed by atoms with van der Waals surface area (Å²) in [6.07, 6.45) is 0.706. The van der Waals surface area contributed by atoms with Crippen molar-refractivity contribution in [1.82, 2.24) is 9.62 Å². The van der Waals surface area contributed by atoms with Crippen LogP contribution in [0.5, 0.6) is 0 Å². The van der Waals surface area contributed by atoms with Crippen LogP contribution >= 0.6 is 12.4 Å². The highest BCUT2D eigenvalue weighted by molar-refractivity contribution is 7.89. The van der Waals surface area contributed by atoms with Crippen molar-refractivity contribution in [3.05, 3.63) is 29.8 Å². The van der Waals surface area contributed by atoms with Crippen molar-refractivity contribution in [2.75, 3.05) is 20.1 Å². The first-order valence-electron chi connectivity index (χ1n) is 8.10. The number of amides is 1. The lowest BCUT2D eigenvalue weighted by Gasteiger charge is -2.29. The van der Waals surface area contributed by atoms with E-state index in [9.17, 15) is 13.2 Å². The molecule has 0 radical (unpaired) electrons. The van der Waals surface area contributed by atoms with Gasteiger partial charge in [0, 0.05) is 25.2 Å². The van der Waals surface area contributed by atoms with Crippen molar-refractivity contribution < 1.29 is 13.2 Å². The van der Waals surface area contributed by atoms with Crippen LogP contribution in [0.3, 0.4) is 0 Å². The predicted octanol–water partition coefficient (Wildman–Crippen LogP) is 2.24. The lowest BCUT2D eigenvalue weighted by Crippen LogP contribution is -2.39. The Balaban J connectivity index is 0.00000576. The minimum Gasteiger partial charge on any atom is -0.341 e. The van der Waals surface area contributed by atoms with Gasteiger partial charge < -0.3 is 10.6 Å². The summed E-state index contributed by atoms with van der Waals surface area (Å²) in [7, 11) is -1.84. The zero-order chi connectivity index (χ0) is 18.5. The van der Waals surface area contributed by atoms with E-state index in [0.29, 0.717) is 25.1 Å². The number of carbonyl (C=O) groups excluding carboxylic acids is 1. The van der Waals surface area contributed by atoms with E-state index in [4.69, 9.17) is 5.73 Å². The van der Waals surface area contributed by atoms with Crippen LogP contribution in [0.25, 0.3) is 0 Å². The first kappa shape index (κ1) is 23.9. The third kappa shape index (κ3) is 6.93. The number of hydrogen-bond donors (Lipinski definition) is 2. The number of halogens is 1. The molecule has 0 aliphatic rings. The molecule has 1 atom stereocenters. The Bertz CT molecular complexity index is 660. The van der Waals surface area contributed by atoms with Gasteiger partial charge in [-0.25, -0.2) is 13.1 Å². The van der Waals surface area contributed by atoms with Gasteiger partial charge in [0.15, 0.2) is 0 Å². The second-order valence-corrected chi connectivity index (χ2v) is 8.70. The summed E-state index contributed by atoms with van der Waals surface area (Å²) in [5.74, 6) is -0.157. The fraction of sp³-hybridized carbons (Fsp3) is 0.588. The third-order valence-corrected chi connectivity index (χ3v) is 5.55. The maximum Gasteiger partial charge on any atom is 0.253 e. The lowest BCUT2D eigenvalue weighted by molar-refractivity contribution is 0.0740. The number of carbonyl (C=O) groups is 1. The molecule has 0 saturated carbocycles. The van der Waals surface area contributed by atoms with E-state index >= 15 is 0 Å². The molecule has 0 heterocycles. The first-order chi connectivity index (χ1) is 11.0. The van der Waals surface area contributed by atoms with E-state index in [1.54, 1.807) is 24.1 Å². The quantitative estimate of drug-likeness (QED) is 0.710. The van der Waals surface area contributed by atoms with E-state index in [1.165, 1.54) is 12.1 Å². The fourth-order valence-corrected chi connectivity index (χ4v) is 3.52. The van der Waals surface area contributed by atoms with Crippen LogP contribution in [0.2, 0.25) is 0 Å². The summed E-state index contributed by atoms with van der Waals surface area (Å²) in [5.41, 5.74) is 5.98. The molecule has 3 N–H and O–H groups in total. The molecular formula is C17H30ClN3O3S. The molecule has 1 aromatic carbocycles. The van der Waals surface area contributed by atoms with E-state index in [2.05, 4.69) is 4.72 Å². The van der Waals surface area contributed by atoms with Gasteiger partial charge in [-0.2, -0.15) is 0 Å². The molecule has 0 aromatic heterocycles. The van der Waals surface area contributed by atoms with Crippen LogP contribution in [-0.2, 0) is 10.0 Å². The van der Waals surface area contributed by atoms with Crippen molar-refractivity contribution in [3.63, 3.8) is 0 Å². The summed E-state index contributed by atoms with van der Waals surface area (Å²) in [5, 5.41) is 0. The van der Waals surface area contributed by atoms with Gasteiger partial charge in [-0.1, -0.05) is 20.8 Å². The Morgan fingerprint density at radius 1 is 1.28 bits per heavy atom. The molecule has 1 rings (SSSR count). The second kappa shape index (κ2) is 9.52. The van der Waals surface area contributed by atoms with Gasteiger partial charge in [-0.05, 0) is 49.6 Å². The summed E-state index contributed by atoms with van der Waals surface area (Å²) in [6.45, 7) is 8.71. The summed E-state index contributed by atoms with van der Waals surface area (Å²) >= 11 is 0. The molecule has 6 nitrogen and oxygen atoms in total. The Morgan fingerprint density at radius 3 is 2.24 bits per heavy atom. The molecule has 0 spiro atoms. The number of nitrogens with zero attached hydrogens (tertiary/aromatic N) is 1. The molecule has 0 aliphatic heterocycles. The maximum atomic E-state index is 12.4. The zero-order valence-electron chi connectivity index (χ0n) is 15.6. The van der Waals surface area contributed by atoms with Gasteiger partial charge >= 0.3 is 0 Å². The molecular weight excluding hydrogens is 362 g/mol. The molecule has 1 unspecified atom stereocenters. The predicted molar refractivity (Wildman–Crippen MR) is 104 cm³/mol.